The number of alkyl halides is 2. The van der Waals surface area contributed by atoms with Gasteiger partial charge in [-0.05, 0) is 80.4 Å². The third-order valence-corrected chi connectivity index (χ3v) is 8.69. The van der Waals surface area contributed by atoms with Crippen molar-refractivity contribution in [2.24, 2.45) is 5.92 Å². The van der Waals surface area contributed by atoms with Crippen LogP contribution in [0.2, 0.25) is 0 Å². The topological polar surface area (TPSA) is 50.2 Å². The standard InChI is InChI=1S/C30H34F2N4O/c1-20-21-6-5-7-24(18-21)30(31,32)22-10-16-35(17-11-22)14-3-4-15-36-28(37)25-9-8-23(29(2)12-13-29)19-26(25)27(33-20)34-36/h3-9,18-20,22H,10-17H2,1-2H3,(H,33,34)/b4-3-/t20-/m1/s1. The number of allylic oxidation sites excluding steroid dienone is 1. The third-order valence-electron chi connectivity index (χ3n) is 8.69. The van der Waals surface area contributed by atoms with E-state index in [9.17, 15) is 4.79 Å². The van der Waals surface area contributed by atoms with E-state index in [1.807, 2.05) is 31.2 Å². The molecular formula is C30H34F2N4O. The van der Waals surface area contributed by atoms with Gasteiger partial charge >= 0.3 is 0 Å². The smallest absolute Gasteiger partial charge is 0.276 e. The molecule has 3 aromatic rings. The molecule has 37 heavy (non-hydrogen) atoms. The summed E-state index contributed by atoms with van der Waals surface area (Å²) in [6, 6.07) is 12.6. The average molecular weight is 505 g/mol. The molecule has 0 unspecified atom stereocenters. The first-order valence-electron chi connectivity index (χ1n) is 13.4. The SMILES string of the molecule is C[C@H]1Nc2nn(c(=O)c3ccc(C4(C)CC4)cc23)C/C=C\CN2CCC(CC2)C(F)(F)c2cccc1c2. The number of hydrogen-bond donors (Lipinski definition) is 1. The van der Waals surface area contributed by atoms with Crippen molar-refractivity contribution >= 4 is 16.6 Å². The normalized spacial score (nSPS) is 27.3. The van der Waals surface area contributed by atoms with Crippen molar-refractivity contribution < 1.29 is 8.78 Å². The molecule has 7 heteroatoms. The summed E-state index contributed by atoms with van der Waals surface area (Å²) in [4.78, 5) is 15.6. The molecule has 7 rings (SSSR count). The van der Waals surface area contributed by atoms with E-state index in [0.29, 0.717) is 50.2 Å². The van der Waals surface area contributed by atoms with E-state index in [-0.39, 0.29) is 22.6 Å². The second-order valence-electron chi connectivity index (χ2n) is 11.3. The van der Waals surface area contributed by atoms with Crippen LogP contribution in [-0.4, -0.2) is 34.3 Å². The molecule has 1 aromatic heterocycles. The van der Waals surface area contributed by atoms with Crippen molar-refractivity contribution in [2.75, 3.05) is 25.0 Å². The Bertz CT molecular complexity index is 1420. The number of fused-ring (bicyclic) bond motifs is 6. The molecule has 3 aliphatic heterocycles. The monoisotopic (exact) mass is 504 g/mol. The minimum absolute atomic E-state index is 0.0769. The van der Waals surface area contributed by atoms with Crippen LogP contribution in [0.15, 0.2) is 59.4 Å². The Balaban J connectivity index is 1.46. The predicted octanol–water partition coefficient (Wildman–Crippen LogP) is 5.99. The molecule has 4 aliphatic rings. The minimum atomic E-state index is -2.88. The van der Waals surface area contributed by atoms with E-state index in [2.05, 4.69) is 29.3 Å². The van der Waals surface area contributed by atoms with Gasteiger partial charge in [-0.25, -0.2) is 13.5 Å². The van der Waals surface area contributed by atoms with Crippen LogP contribution in [0.4, 0.5) is 14.6 Å². The van der Waals surface area contributed by atoms with Crippen LogP contribution in [0.5, 0.6) is 0 Å². The van der Waals surface area contributed by atoms with Crippen LogP contribution in [0.25, 0.3) is 10.8 Å². The maximum atomic E-state index is 15.6. The first kappa shape index (κ1) is 24.3. The summed E-state index contributed by atoms with van der Waals surface area (Å²) in [6.07, 6.45) is 7.16. The summed E-state index contributed by atoms with van der Waals surface area (Å²) in [7, 11) is 0. The molecule has 1 saturated heterocycles. The van der Waals surface area contributed by atoms with Gasteiger partial charge in [-0.1, -0.05) is 43.3 Å². The Labute approximate surface area is 216 Å². The molecule has 6 bridgehead atoms. The van der Waals surface area contributed by atoms with Gasteiger partial charge in [-0.3, -0.25) is 9.69 Å². The van der Waals surface area contributed by atoms with Gasteiger partial charge in [0.1, 0.15) is 0 Å². The summed E-state index contributed by atoms with van der Waals surface area (Å²) in [5, 5.41) is 9.61. The Morgan fingerprint density at radius 3 is 2.49 bits per heavy atom. The quantitative estimate of drug-likeness (QED) is 0.414. The lowest BCUT2D eigenvalue weighted by molar-refractivity contribution is -0.0847. The van der Waals surface area contributed by atoms with Gasteiger partial charge in [0, 0.05) is 23.4 Å². The zero-order chi connectivity index (χ0) is 25.8. The second-order valence-corrected chi connectivity index (χ2v) is 11.3. The zero-order valence-corrected chi connectivity index (χ0v) is 21.5. The first-order valence-corrected chi connectivity index (χ1v) is 13.4. The Morgan fingerprint density at radius 1 is 0.973 bits per heavy atom. The van der Waals surface area contributed by atoms with Gasteiger partial charge < -0.3 is 5.32 Å². The number of piperidine rings is 1. The van der Waals surface area contributed by atoms with E-state index >= 15 is 8.78 Å². The van der Waals surface area contributed by atoms with Crippen LogP contribution in [0, 0.1) is 5.92 Å². The fourth-order valence-corrected chi connectivity index (χ4v) is 5.78. The van der Waals surface area contributed by atoms with Crippen molar-refractivity contribution in [3.05, 3.63) is 81.7 Å². The van der Waals surface area contributed by atoms with Crippen LogP contribution in [0.1, 0.15) is 62.3 Å². The highest BCUT2D eigenvalue weighted by Gasteiger charge is 2.43. The molecule has 4 heterocycles. The molecule has 5 nitrogen and oxygen atoms in total. The summed E-state index contributed by atoms with van der Waals surface area (Å²) in [5.74, 6) is -2.94. The van der Waals surface area contributed by atoms with E-state index in [4.69, 9.17) is 5.10 Å². The average Bonchev–Trinajstić information content (AvgIpc) is 3.67. The van der Waals surface area contributed by atoms with Gasteiger partial charge in [0.2, 0.25) is 0 Å². The maximum Gasteiger partial charge on any atom is 0.276 e. The first-order chi connectivity index (χ1) is 17.7. The number of benzene rings is 2. The fraction of sp³-hybridized carbons (Fsp3) is 0.467. The Hall–Kier alpha value is -3.06. The van der Waals surface area contributed by atoms with E-state index in [1.54, 1.807) is 18.2 Å². The molecule has 194 valence electrons. The van der Waals surface area contributed by atoms with Gasteiger partial charge in [-0.15, -0.1) is 0 Å². The summed E-state index contributed by atoms with van der Waals surface area (Å²) >= 11 is 0. The molecule has 0 radical (unpaired) electrons. The highest BCUT2D eigenvalue weighted by molar-refractivity contribution is 5.92. The van der Waals surface area contributed by atoms with Crippen LogP contribution >= 0.6 is 0 Å². The number of hydrogen-bond acceptors (Lipinski definition) is 4. The van der Waals surface area contributed by atoms with Crippen molar-refractivity contribution in [2.45, 2.75) is 63.5 Å². The molecule has 1 saturated carbocycles. The second kappa shape index (κ2) is 9.05. The summed E-state index contributed by atoms with van der Waals surface area (Å²) in [6.45, 7) is 6.52. The summed E-state index contributed by atoms with van der Waals surface area (Å²) < 4.78 is 32.7. The molecule has 1 aliphatic carbocycles. The largest absolute Gasteiger partial charge is 0.362 e. The highest BCUT2D eigenvalue weighted by atomic mass is 19.3. The third kappa shape index (κ3) is 4.48. The number of aromatic nitrogens is 2. The number of rotatable bonds is 1. The number of halogens is 2. The number of nitrogens with one attached hydrogen (secondary N) is 1. The van der Waals surface area contributed by atoms with Gasteiger partial charge in [-0.2, -0.15) is 5.10 Å². The van der Waals surface area contributed by atoms with Crippen LogP contribution in [-0.2, 0) is 17.9 Å². The molecule has 0 amide bonds. The fourth-order valence-electron chi connectivity index (χ4n) is 5.78. The lowest BCUT2D eigenvalue weighted by atomic mass is 9.85. The van der Waals surface area contributed by atoms with Gasteiger partial charge in [0.15, 0.2) is 5.82 Å². The molecule has 1 N–H and O–H groups in total. The zero-order valence-electron chi connectivity index (χ0n) is 21.5. The van der Waals surface area contributed by atoms with Crippen molar-refractivity contribution in [3.8, 4) is 0 Å². The van der Waals surface area contributed by atoms with E-state index < -0.39 is 11.8 Å². The van der Waals surface area contributed by atoms with Crippen LogP contribution in [0.3, 0.4) is 0 Å². The molecule has 2 fully saturated rings. The van der Waals surface area contributed by atoms with Crippen molar-refractivity contribution in [3.63, 3.8) is 0 Å². The lowest BCUT2D eigenvalue weighted by Crippen LogP contribution is -2.39. The Morgan fingerprint density at radius 2 is 1.73 bits per heavy atom. The highest BCUT2D eigenvalue weighted by Crippen LogP contribution is 2.48. The van der Waals surface area contributed by atoms with Crippen molar-refractivity contribution in [1.29, 1.82) is 0 Å². The van der Waals surface area contributed by atoms with E-state index in [1.165, 1.54) is 10.2 Å². The van der Waals surface area contributed by atoms with E-state index in [0.717, 1.165) is 23.8 Å². The molecule has 2 aromatic carbocycles. The minimum Gasteiger partial charge on any atom is -0.362 e. The molecule has 0 spiro atoms. The molecular weight excluding hydrogens is 470 g/mol. The van der Waals surface area contributed by atoms with Gasteiger partial charge in [0.25, 0.3) is 11.5 Å². The predicted molar refractivity (Wildman–Crippen MR) is 143 cm³/mol. The number of nitrogens with zero attached hydrogens (tertiary/aromatic N) is 3. The molecule has 1 atom stereocenters. The van der Waals surface area contributed by atoms with Crippen LogP contribution < -0.4 is 10.9 Å². The van der Waals surface area contributed by atoms with Gasteiger partial charge in [0.05, 0.1) is 18.0 Å². The van der Waals surface area contributed by atoms with Crippen molar-refractivity contribution in [1.82, 2.24) is 14.7 Å². The summed E-state index contributed by atoms with van der Waals surface area (Å²) in [5.41, 5.74) is 2.09. The Kier molecular flexibility index (Phi) is 5.94. The maximum absolute atomic E-state index is 15.6. The number of anilines is 1. The lowest BCUT2D eigenvalue weighted by Gasteiger charge is -2.35.